The maximum atomic E-state index is 14.4. The molecular formula is C29H31BrN2O7. The first-order valence-corrected chi connectivity index (χ1v) is 13.2. The molecule has 39 heavy (non-hydrogen) atoms. The van der Waals surface area contributed by atoms with Crippen LogP contribution in [0, 0.1) is 0 Å². The fourth-order valence-electron chi connectivity index (χ4n) is 4.60. The second kappa shape index (κ2) is 10.1. The largest absolute Gasteiger partial charge is 0.457 e. The zero-order valence-electron chi connectivity index (χ0n) is 22.7. The van der Waals surface area contributed by atoms with E-state index in [9.17, 15) is 19.2 Å². The van der Waals surface area contributed by atoms with Crippen LogP contribution in [-0.2, 0) is 35.9 Å². The molecule has 0 radical (unpaired) electrons. The van der Waals surface area contributed by atoms with Crippen LogP contribution in [0.3, 0.4) is 0 Å². The first-order chi connectivity index (χ1) is 18.2. The molecule has 0 aromatic heterocycles. The van der Waals surface area contributed by atoms with Gasteiger partial charge in [-0.3, -0.25) is 9.69 Å². The van der Waals surface area contributed by atoms with Crippen molar-refractivity contribution in [2.45, 2.75) is 64.9 Å². The molecule has 0 fully saturated rings. The Balaban J connectivity index is 1.86. The number of amides is 3. The average Bonchev–Trinajstić information content (AvgIpc) is 3.34. The predicted octanol–water partition coefficient (Wildman–Crippen LogP) is 5.85. The summed E-state index contributed by atoms with van der Waals surface area (Å²) < 4.78 is 17.2. The molecule has 0 saturated carbocycles. The van der Waals surface area contributed by atoms with Crippen molar-refractivity contribution < 1.29 is 33.4 Å². The van der Waals surface area contributed by atoms with E-state index in [2.05, 4.69) is 15.9 Å². The molecule has 206 valence electrons. The van der Waals surface area contributed by atoms with Crippen molar-refractivity contribution in [1.82, 2.24) is 4.90 Å². The number of imide groups is 1. The summed E-state index contributed by atoms with van der Waals surface area (Å²) in [6.45, 7) is 9.95. The molecule has 2 aromatic rings. The Morgan fingerprint density at radius 1 is 0.897 bits per heavy atom. The normalized spacial score (nSPS) is 18.6. The topological polar surface area (TPSA) is 102 Å². The lowest BCUT2D eigenvalue weighted by Crippen LogP contribution is -2.57. The monoisotopic (exact) mass is 598 g/mol. The zero-order chi connectivity index (χ0) is 28.8. The Labute approximate surface area is 235 Å². The third-order valence-electron chi connectivity index (χ3n) is 6.00. The summed E-state index contributed by atoms with van der Waals surface area (Å²) in [6, 6.07) is 14.0. The van der Waals surface area contributed by atoms with Gasteiger partial charge in [0.2, 0.25) is 0 Å². The Morgan fingerprint density at radius 2 is 1.51 bits per heavy atom. The number of rotatable bonds is 3. The summed E-state index contributed by atoms with van der Waals surface area (Å²) in [5.74, 6) is -1.64. The molecule has 1 unspecified atom stereocenters. The predicted molar refractivity (Wildman–Crippen MR) is 147 cm³/mol. The van der Waals surface area contributed by atoms with Crippen LogP contribution in [0.1, 0.15) is 52.7 Å². The molecule has 10 heteroatoms. The second-order valence-corrected chi connectivity index (χ2v) is 12.1. The molecule has 3 amide bonds. The lowest BCUT2D eigenvalue weighted by molar-refractivity contribution is -0.143. The van der Waals surface area contributed by atoms with Gasteiger partial charge >= 0.3 is 18.2 Å². The van der Waals surface area contributed by atoms with Crippen molar-refractivity contribution in [3.05, 3.63) is 75.8 Å². The Morgan fingerprint density at radius 3 is 2.13 bits per heavy atom. The molecule has 4 rings (SSSR count). The zero-order valence-corrected chi connectivity index (χ0v) is 24.3. The van der Waals surface area contributed by atoms with E-state index in [0.29, 0.717) is 4.47 Å². The quantitative estimate of drug-likeness (QED) is 0.322. The smallest absolute Gasteiger partial charge is 0.421 e. The highest BCUT2D eigenvalue weighted by Gasteiger charge is 2.66. The fraction of sp³-hybridized carbons (Fsp3) is 0.379. The van der Waals surface area contributed by atoms with E-state index in [1.54, 1.807) is 71.9 Å². The minimum Gasteiger partial charge on any atom is -0.457 e. The van der Waals surface area contributed by atoms with Gasteiger partial charge in [-0.2, -0.15) is 0 Å². The number of esters is 1. The minimum atomic E-state index is -2.03. The van der Waals surface area contributed by atoms with E-state index < -0.39 is 40.8 Å². The number of fused-ring (bicyclic) bond motifs is 2. The van der Waals surface area contributed by atoms with Gasteiger partial charge in [-0.1, -0.05) is 58.4 Å². The van der Waals surface area contributed by atoms with Crippen LogP contribution >= 0.6 is 15.9 Å². The van der Waals surface area contributed by atoms with Crippen LogP contribution in [0.5, 0.6) is 0 Å². The van der Waals surface area contributed by atoms with Crippen molar-refractivity contribution >= 4 is 45.7 Å². The number of ether oxygens (including phenoxy) is 3. The highest BCUT2D eigenvalue weighted by atomic mass is 79.9. The third kappa shape index (κ3) is 5.30. The van der Waals surface area contributed by atoms with Crippen LogP contribution in [0.2, 0.25) is 0 Å². The van der Waals surface area contributed by atoms with Crippen molar-refractivity contribution in [2.24, 2.45) is 0 Å². The molecule has 2 aliphatic rings. The van der Waals surface area contributed by atoms with E-state index in [-0.39, 0.29) is 30.0 Å². The van der Waals surface area contributed by atoms with Crippen molar-refractivity contribution in [1.29, 1.82) is 0 Å². The molecule has 0 saturated heterocycles. The summed E-state index contributed by atoms with van der Waals surface area (Å²) in [4.78, 5) is 57.0. The van der Waals surface area contributed by atoms with Crippen molar-refractivity contribution in [3.8, 4) is 0 Å². The van der Waals surface area contributed by atoms with E-state index in [4.69, 9.17) is 14.2 Å². The van der Waals surface area contributed by atoms with Crippen LogP contribution in [0.15, 0.2) is 64.7 Å². The minimum absolute atomic E-state index is 0.0493. The maximum Gasteiger partial charge on any atom is 0.421 e. The Hall–Kier alpha value is -3.66. The maximum absolute atomic E-state index is 14.4. The van der Waals surface area contributed by atoms with Crippen LogP contribution < -0.4 is 4.90 Å². The summed E-state index contributed by atoms with van der Waals surface area (Å²) in [7, 11) is 0. The van der Waals surface area contributed by atoms with E-state index in [0.717, 1.165) is 15.4 Å². The highest BCUT2D eigenvalue weighted by Crippen LogP contribution is 2.54. The first kappa shape index (κ1) is 28.4. The van der Waals surface area contributed by atoms with Gasteiger partial charge in [0, 0.05) is 16.6 Å². The molecule has 2 aromatic carbocycles. The van der Waals surface area contributed by atoms with Crippen LogP contribution in [0.25, 0.3) is 0 Å². The van der Waals surface area contributed by atoms with E-state index in [1.165, 1.54) is 6.08 Å². The molecule has 0 bridgehead atoms. The van der Waals surface area contributed by atoms with Crippen molar-refractivity contribution in [2.75, 3.05) is 11.4 Å². The molecule has 1 atom stereocenters. The highest BCUT2D eigenvalue weighted by molar-refractivity contribution is 9.10. The standard InChI is InChI=1S/C29H31BrN2O7/c1-27(2,3)38-25(35)31-16-15-19(23(33)37-17-18-11-8-7-9-12-18)29(31)22-20(30)13-10-14-21(22)32(24(29)34)26(36)39-28(4,5)6/h7-15H,16-17H2,1-6H3. The number of anilines is 1. The van der Waals surface area contributed by atoms with Crippen LogP contribution in [-0.4, -0.2) is 46.7 Å². The number of halogens is 1. The second-order valence-electron chi connectivity index (χ2n) is 11.2. The van der Waals surface area contributed by atoms with Gasteiger partial charge in [0.25, 0.3) is 5.91 Å². The lowest BCUT2D eigenvalue weighted by atomic mass is 9.84. The number of benzene rings is 2. The van der Waals surface area contributed by atoms with Gasteiger partial charge in [-0.05, 0) is 59.2 Å². The molecular weight excluding hydrogens is 568 g/mol. The SMILES string of the molecule is CC(C)(C)OC(=O)N1C(=O)C2(C(C(=O)OCc3ccccc3)=CCN2C(=O)OC(C)(C)C)c2c(Br)cccc21. The van der Waals surface area contributed by atoms with Gasteiger partial charge in [0.1, 0.15) is 17.8 Å². The molecule has 0 aliphatic carbocycles. The molecule has 2 heterocycles. The number of carbonyl (C=O) groups excluding carboxylic acids is 4. The molecule has 1 spiro atoms. The van der Waals surface area contributed by atoms with Crippen LogP contribution in [0.4, 0.5) is 15.3 Å². The van der Waals surface area contributed by atoms with Crippen molar-refractivity contribution in [3.63, 3.8) is 0 Å². The summed E-state index contributed by atoms with van der Waals surface area (Å²) >= 11 is 3.50. The number of carbonyl (C=O) groups is 4. The summed E-state index contributed by atoms with van der Waals surface area (Å²) in [5.41, 5.74) is -2.74. The summed E-state index contributed by atoms with van der Waals surface area (Å²) in [5, 5.41) is 0. The number of hydrogen-bond donors (Lipinski definition) is 0. The Kier molecular flexibility index (Phi) is 7.37. The number of hydrogen-bond acceptors (Lipinski definition) is 7. The lowest BCUT2D eigenvalue weighted by Gasteiger charge is -2.37. The molecule has 9 nitrogen and oxygen atoms in total. The number of nitrogens with zero attached hydrogens (tertiary/aromatic N) is 2. The average molecular weight is 599 g/mol. The van der Waals surface area contributed by atoms with Gasteiger partial charge in [0.15, 0.2) is 5.54 Å². The third-order valence-corrected chi connectivity index (χ3v) is 6.66. The van der Waals surface area contributed by atoms with Gasteiger partial charge in [-0.15, -0.1) is 0 Å². The van der Waals surface area contributed by atoms with E-state index in [1.807, 2.05) is 18.2 Å². The Bertz CT molecular complexity index is 1360. The molecule has 0 N–H and O–H groups in total. The molecule has 2 aliphatic heterocycles. The van der Waals surface area contributed by atoms with E-state index >= 15 is 0 Å². The van der Waals surface area contributed by atoms with Gasteiger partial charge < -0.3 is 14.2 Å². The fourth-order valence-corrected chi connectivity index (χ4v) is 5.24. The summed E-state index contributed by atoms with van der Waals surface area (Å²) in [6.07, 6.45) is -0.292. The van der Waals surface area contributed by atoms with Gasteiger partial charge in [0.05, 0.1) is 11.3 Å². The first-order valence-electron chi connectivity index (χ1n) is 12.5. The van der Waals surface area contributed by atoms with Gasteiger partial charge in [-0.25, -0.2) is 19.3 Å².